The molecule has 0 spiro atoms. The summed E-state index contributed by atoms with van der Waals surface area (Å²) in [5, 5.41) is 0.726. The number of rotatable bonds is 6. The van der Waals surface area contributed by atoms with Gasteiger partial charge in [0.15, 0.2) is 0 Å². The lowest BCUT2D eigenvalue weighted by atomic mass is 10.1. The molecule has 3 aromatic rings. The van der Waals surface area contributed by atoms with Gasteiger partial charge in [0.2, 0.25) is 0 Å². The lowest BCUT2D eigenvalue weighted by Crippen LogP contribution is -2.31. The zero-order valence-electron chi connectivity index (χ0n) is 16.9. The van der Waals surface area contributed by atoms with Crippen LogP contribution in [0.25, 0.3) is 10.9 Å². The number of hydrogen-bond donors (Lipinski definition) is 0. The fourth-order valence-electron chi connectivity index (χ4n) is 4.08. The minimum absolute atomic E-state index is 0.124. The largest absolute Gasteiger partial charge is 0.494 e. The summed E-state index contributed by atoms with van der Waals surface area (Å²) in [5.74, 6) is 0.348. The number of benzene rings is 2. The summed E-state index contributed by atoms with van der Waals surface area (Å²) < 4.78 is 20.9. The molecule has 4 nitrogen and oxygen atoms in total. The number of halogens is 1. The van der Waals surface area contributed by atoms with Gasteiger partial charge in [0, 0.05) is 23.2 Å². The van der Waals surface area contributed by atoms with E-state index in [-0.39, 0.29) is 11.7 Å². The number of aryl methyl sites for hydroxylation is 1. The van der Waals surface area contributed by atoms with Crippen LogP contribution in [0.3, 0.4) is 0 Å². The molecule has 1 aliphatic rings. The van der Waals surface area contributed by atoms with Gasteiger partial charge in [-0.3, -0.25) is 9.36 Å². The highest BCUT2D eigenvalue weighted by Crippen LogP contribution is 2.23. The van der Waals surface area contributed by atoms with Crippen molar-refractivity contribution in [2.24, 2.45) is 0 Å². The topological polar surface area (TPSA) is 34.5 Å². The second-order valence-electron chi connectivity index (χ2n) is 7.76. The van der Waals surface area contributed by atoms with Gasteiger partial charge in [0.1, 0.15) is 11.6 Å². The minimum Gasteiger partial charge on any atom is -0.494 e. The minimum atomic E-state index is -0.302. The van der Waals surface area contributed by atoms with E-state index in [9.17, 15) is 9.18 Å². The van der Waals surface area contributed by atoms with Crippen molar-refractivity contribution in [3.05, 3.63) is 65.6 Å². The van der Waals surface area contributed by atoms with Gasteiger partial charge in [-0.15, -0.1) is 0 Å². The third kappa shape index (κ3) is 4.51. The second-order valence-corrected chi connectivity index (χ2v) is 7.76. The molecule has 0 saturated carbocycles. The number of nitrogens with zero attached hydrogens (tertiary/aromatic N) is 2. The van der Waals surface area contributed by atoms with E-state index in [0.29, 0.717) is 17.7 Å². The molecule has 0 amide bonds. The number of fused-ring (bicyclic) bond motifs is 1. The average molecular weight is 394 g/mol. The van der Waals surface area contributed by atoms with Crippen LogP contribution in [0.1, 0.15) is 41.7 Å². The Morgan fingerprint density at radius 1 is 1.03 bits per heavy atom. The highest BCUT2D eigenvalue weighted by atomic mass is 19.1. The second kappa shape index (κ2) is 8.78. The van der Waals surface area contributed by atoms with E-state index in [1.165, 1.54) is 44.5 Å². The van der Waals surface area contributed by atoms with Crippen molar-refractivity contribution in [2.45, 2.75) is 32.6 Å². The van der Waals surface area contributed by atoms with Gasteiger partial charge in [-0.1, -0.05) is 6.42 Å². The first-order valence-corrected chi connectivity index (χ1v) is 10.4. The normalized spacial score (nSPS) is 15.0. The summed E-state index contributed by atoms with van der Waals surface area (Å²) in [7, 11) is 0. The number of carbonyl (C=O) groups is 1. The molecule has 29 heavy (non-hydrogen) atoms. The van der Waals surface area contributed by atoms with Crippen LogP contribution >= 0.6 is 0 Å². The predicted molar refractivity (Wildman–Crippen MR) is 113 cm³/mol. The van der Waals surface area contributed by atoms with Crippen molar-refractivity contribution in [1.29, 1.82) is 0 Å². The summed E-state index contributed by atoms with van der Waals surface area (Å²) in [4.78, 5) is 15.5. The first-order chi connectivity index (χ1) is 14.1. The maximum atomic E-state index is 13.5. The number of hydrogen-bond acceptors (Lipinski definition) is 3. The Hall–Kier alpha value is -2.66. The number of likely N-dealkylation sites (tertiary alicyclic amines) is 1. The molecule has 2 heterocycles. The van der Waals surface area contributed by atoms with Crippen LogP contribution < -0.4 is 4.74 Å². The average Bonchev–Trinajstić information content (AvgIpc) is 3.06. The first kappa shape index (κ1) is 19.6. The molecule has 0 atom stereocenters. The van der Waals surface area contributed by atoms with Gasteiger partial charge < -0.3 is 9.64 Å². The van der Waals surface area contributed by atoms with Crippen molar-refractivity contribution in [3.8, 4) is 5.75 Å². The molecule has 1 aromatic heterocycles. The Labute approximate surface area is 170 Å². The van der Waals surface area contributed by atoms with E-state index in [2.05, 4.69) is 4.90 Å². The van der Waals surface area contributed by atoms with Crippen LogP contribution in [0.4, 0.5) is 4.39 Å². The van der Waals surface area contributed by atoms with Crippen molar-refractivity contribution in [1.82, 2.24) is 9.47 Å². The van der Waals surface area contributed by atoms with Crippen LogP contribution in [0, 0.1) is 12.7 Å². The van der Waals surface area contributed by atoms with Gasteiger partial charge in [0.25, 0.3) is 5.91 Å². The zero-order valence-corrected chi connectivity index (χ0v) is 16.9. The Bertz CT molecular complexity index is 988. The third-order valence-corrected chi connectivity index (χ3v) is 5.59. The summed E-state index contributed by atoms with van der Waals surface area (Å²) >= 11 is 0. The monoisotopic (exact) mass is 394 g/mol. The van der Waals surface area contributed by atoms with Gasteiger partial charge in [-0.25, -0.2) is 4.39 Å². The quantitative estimate of drug-likeness (QED) is 0.550. The van der Waals surface area contributed by atoms with Gasteiger partial charge in [-0.05, 0) is 87.8 Å². The molecule has 4 rings (SSSR count). The molecule has 1 aliphatic heterocycles. The molecule has 1 fully saturated rings. The van der Waals surface area contributed by atoms with Crippen LogP contribution in [-0.4, -0.2) is 41.6 Å². The predicted octanol–water partition coefficient (Wildman–Crippen LogP) is 5.03. The SMILES string of the molecule is Cc1cc2cc(F)ccc2n1C(=O)c1ccc(OCCCN2CCCCC2)cc1. The van der Waals surface area contributed by atoms with Crippen LogP contribution in [-0.2, 0) is 0 Å². The van der Waals surface area contributed by atoms with Crippen LogP contribution in [0.5, 0.6) is 5.75 Å². The molecule has 2 aromatic carbocycles. The van der Waals surface area contributed by atoms with Crippen molar-refractivity contribution >= 4 is 16.8 Å². The maximum absolute atomic E-state index is 13.5. The summed E-state index contributed by atoms with van der Waals surface area (Å²) in [6.45, 7) is 6.03. The lowest BCUT2D eigenvalue weighted by Gasteiger charge is -2.26. The standard InChI is InChI=1S/C24H27FN2O2/c1-18-16-20-17-21(25)8-11-23(20)27(18)24(28)19-6-9-22(10-7-19)29-15-5-14-26-12-3-2-4-13-26/h6-11,16-17H,2-5,12-15H2,1H3. The van der Waals surface area contributed by atoms with E-state index in [0.717, 1.165) is 29.8 Å². The highest BCUT2D eigenvalue weighted by Gasteiger charge is 2.15. The van der Waals surface area contributed by atoms with Crippen molar-refractivity contribution in [2.75, 3.05) is 26.2 Å². The first-order valence-electron chi connectivity index (χ1n) is 10.4. The number of ether oxygens (including phenoxy) is 1. The third-order valence-electron chi connectivity index (χ3n) is 5.59. The molecule has 152 valence electrons. The summed E-state index contributed by atoms with van der Waals surface area (Å²) in [5.41, 5.74) is 2.08. The smallest absolute Gasteiger partial charge is 0.262 e. The molecule has 0 unspecified atom stereocenters. The number of piperidine rings is 1. The van der Waals surface area contributed by atoms with Gasteiger partial charge in [0.05, 0.1) is 12.1 Å². The summed E-state index contributed by atoms with van der Waals surface area (Å²) in [6, 6.07) is 13.6. The van der Waals surface area contributed by atoms with E-state index in [1.807, 2.05) is 25.1 Å². The van der Waals surface area contributed by atoms with E-state index in [4.69, 9.17) is 4.74 Å². The Kier molecular flexibility index (Phi) is 5.95. The zero-order chi connectivity index (χ0) is 20.2. The van der Waals surface area contributed by atoms with Gasteiger partial charge >= 0.3 is 0 Å². The number of carbonyl (C=O) groups excluding carboxylic acids is 1. The van der Waals surface area contributed by atoms with E-state index >= 15 is 0 Å². The Morgan fingerprint density at radius 2 is 1.79 bits per heavy atom. The molecular formula is C24H27FN2O2. The number of aromatic nitrogens is 1. The lowest BCUT2D eigenvalue weighted by molar-refractivity contribution is 0.0963. The summed E-state index contributed by atoms with van der Waals surface area (Å²) in [6.07, 6.45) is 4.97. The molecule has 0 N–H and O–H groups in total. The highest BCUT2D eigenvalue weighted by molar-refractivity contribution is 6.03. The molecule has 5 heteroatoms. The van der Waals surface area contributed by atoms with E-state index < -0.39 is 0 Å². The maximum Gasteiger partial charge on any atom is 0.262 e. The molecule has 0 aliphatic carbocycles. The molecule has 0 bridgehead atoms. The van der Waals surface area contributed by atoms with Crippen molar-refractivity contribution in [3.63, 3.8) is 0 Å². The molecule has 0 radical (unpaired) electrons. The van der Waals surface area contributed by atoms with Crippen LogP contribution in [0.2, 0.25) is 0 Å². The Morgan fingerprint density at radius 3 is 2.55 bits per heavy atom. The van der Waals surface area contributed by atoms with E-state index in [1.54, 1.807) is 22.8 Å². The fraction of sp³-hybridized carbons (Fsp3) is 0.375. The van der Waals surface area contributed by atoms with Crippen LogP contribution in [0.15, 0.2) is 48.5 Å². The van der Waals surface area contributed by atoms with Gasteiger partial charge in [-0.2, -0.15) is 0 Å². The van der Waals surface area contributed by atoms with Crippen molar-refractivity contribution < 1.29 is 13.9 Å². The fourth-order valence-corrected chi connectivity index (χ4v) is 4.08. The molecular weight excluding hydrogens is 367 g/mol. The Balaban J connectivity index is 1.37. The molecule has 1 saturated heterocycles.